The lowest BCUT2D eigenvalue weighted by atomic mass is 9.92. The molecule has 0 N–H and O–H groups in total. The normalized spacial score (nSPS) is 21.4. The molecule has 1 unspecified atom stereocenters. The Morgan fingerprint density at radius 1 is 1.23 bits per heavy atom. The minimum absolute atomic E-state index is 0.0413. The zero-order valence-electron chi connectivity index (χ0n) is 15.8. The summed E-state index contributed by atoms with van der Waals surface area (Å²) >= 11 is 0. The molecular formula is C19H27N5O2. The van der Waals surface area contributed by atoms with Crippen molar-refractivity contribution in [1.29, 1.82) is 0 Å². The van der Waals surface area contributed by atoms with Crippen molar-refractivity contribution in [2.24, 2.45) is 0 Å². The lowest BCUT2D eigenvalue weighted by molar-refractivity contribution is 0.208. The number of likely N-dealkylation sites (tertiary alicyclic amines) is 1. The van der Waals surface area contributed by atoms with Gasteiger partial charge in [-0.25, -0.2) is 4.68 Å². The van der Waals surface area contributed by atoms with E-state index in [0.717, 1.165) is 49.6 Å². The maximum absolute atomic E-state index is 12.3. The monoisotopic (exact) mass is 357 g/mol. The summed E-state index contributed by atoms with van der Waals surface area (Å²) in [7, 11) is 0. The Hall–Kier alpha value is -2.02. The summed E-state index contributed by atoms with van der Waals surface area (Å²) in [4.78, 5) is 19.2. The molecule has 0 bridgehead atoms. The zero-order chi connectivity index (χ0) is 18.3. The fraction of sp³-hybridized carbons (Fsp3) is 0.684. The molecule has 1 aliphatic carbocycles. The summed E-state index contributed by atoms with van der Waals surface area (Å²) < 4.78 is 6.99. The first-order valence-electron chi connectivity index (χ1n) is 9.55. The molecule has 3 heterocycles. The van der Waals surface area contributed by atoms with E-state index in [-0.39, 0.29) is 17.0 Å². The third kappa shape index (κ3) is 3.72. The van der Waals surface area contributed by atoms with Gasteiger partial charge < -0.3 is 4.52 Å². The quantitative estimate of drug-likeness (QED) is 0.818. The average molecular weight is 357 g/mol. The topological polar surface area (TPSA) is 77.0 Å². The van der Waals surface area contributed by atoms with Crippen LogP contribution in [0.25, 0.3) is 0 Å². The van der Waals surface area contributed by atoms with Crippen LogP contribution in [0.15, 0.2) is 21.5 Å². The molecular weight excluding hydrogens is 330 g/mol. The molecule has 2 fully saturated rings. The highest BCUT2D eigenvalue weighted by atomic mass is 16.5. The fourth-order valence-corrected chi connectivity index (χ4v) is 3.50. The number of hydrogen-bond donors (Lipinski definition) is 0. The van der Waals surface area contributed by atoms with Gasteiger partial charge in [0.25, 0.3) is 5.56 Å². The maximum atomic E-state index is 12.3. The van der Waals surface area contributed by atoms with Gasteiger partial charge in [-0.15, -0.1) is 0 Å². The average Bonchev–Trinajstić information content (AvgIpc) is 3.18. The van der Waals surface area contributed by atoms with E-state index in [9.17, 15) is 4.79 Å². The highest BCUT2D eigenvalue weighted by Gasteiger charge is 2.31. The summed E-state index contributed by atoms with van der Waals surface area (Å²) in [6.45, 7) is 8.61. The molecule has 1 saturated heterocycles. The highest BCUT2D eigenvalue weighted by molar-refractivity contribution is 5.10. The predicted octanol–water partition coefficient (Wildman–Crippen LogP) is 2.47. The van der Waals surface area contributed by atoms with Crippen molar-refractivity contribution < 1.29 is 4.52 Å². The fourth-order valence-electron chi connectivity index (χ4n) is 3.50. The third-order valence-corrected chi connectivity index (χ3v) is 5.27. The Balaban J connectivity index is 1.47. The number of nitrogens with zero attached hydrogens (tertiary/aromatic N) is 5. The van der Waals surface area contributed by atoms with Gasteiger partial charge in [0, 0.05) is 23.4 Å². The van der Waals surface area contributed by atoms with Gasteiger partial charge in [0.05, 0.1) is 18.8 Å². The Morgan fingerprint density at radius 3 is 2.77 bits per heavy atom. The maximum Gasteiger partial charge on any atom is 0.266 e. The SMILES string of the molecule is CC(C)(C)c1ccc(=O)n(CC2CCCN2Cc2noc(C3CC3)n2)n1. The van der Waals surface area contributed by atoms with Crippen molar-refractivity contribution in [3.05, 3.63) is 39.9 Å². The van der Waals surface area contributed by atoms with Crippen LogP contribution in [-0.4, -0.2) is 37.4 Å². The van der Waals surface area contributed by atoms with Gasteiger partial charge in [0.1, 0.15) is 0 Å². The minimum atomic E-state index is -0.0747. The van der Waals surface area contributed by atoms with E-state index in [4.69, 9.17) is 4.52 Å². The van der Waals surface area contributed by atoms with Crippen molar-refractivity contribution >= 4 is 0 Å². The van der Waals surface area contributed by atoms with Crippen molar-refractivity contribution in [1.82, 2.24) is 24.8 Å². The number of hydrogen-bond acceptors (Lipinski definition) is 6. The second-order valence-corrected chi connectivity index (χ2v) is 8.58. The largest absolute Gasteiger partial charge is 0.339 e. The number of aromatic nitrogens is 4. The lowest BCUT2D eigenvalue weighted by Gasteiger charge is -2.24. The first-order chi connectivity index (χ1) is 12.4. The van der Waals surface area contributed by atoms with Gasteiger partial charge in [-0.1, -0.05) is 25.9 Å². The molecule has 0 spiro atoms. The molecule has 4 rings (SSSR count). The third-order valence-electron chi connectivity index (χ3n) is 5.27. The Morgan fingerprint density at radius 2 is 2.04 bits per heavy atom. The van der Waals surface area contributed by atoms with E-state index >= 15 is 0 Å². The van der Waals surface area contributed by atoms with E-state index in [0.29, 0.717) is 19.0 Å². The van der Waals surface area contributed by atoms with Crippen LogP contribution in [0, 0.1) is 0 Å². The second-order valence-electron chi connectivity index (χ2n) is 8.58. The van der Waals surface area contributed by atoms with Crippen molar-refractivity contribution in [3.63, 3.8) is 0 Å². The van der Waals surface area contributed by atoms with Crippen LogP contribution in [0.4, 0.5) is 0 Å². The first-order valence-corrected chi connectivity index (χ1v) is 9.55. The van der Waals surface area contributed by atoms with E-state index in [1.807, 2.05) is 6.07 Å². The summed E-state index contributed by atoms with van der Waals surface area (Å²) in [5, 5.41) is 8.75. The standard InChI is InChI=1S/C19H27N5O2/c1-19(2,3)15-8-9-17(25)24(21-15)11-14-5-4-10-23(14)12-16-20-18(26-22-16)13-6-7-13/h8-9,13-14H,4-7,10-12H2,1-3H3. The smallest absolute Gasteiger partial charge is 0.266 e. The first kappa shape index (κ1) is 17.4. The molecule has 1 saturated carbocycles. The van der Waals surface area contributed by atoms with E-state index in [1.165, 1.54) is 0 Å². The van der Waals surface area contributed by atoms with Crippen molar-refractivity contribution in [2.75, 3.05) is 6.54 Å². The Labute approximate surface area is 153 Å². The van der Waals surface area contributed by atoms with Crippen LogP contribution in [-0.2, 0) is 18.5 Å². The zero-order valence-corrected chi connectivity index (χ0v) is 15.8. The van der Waals surface area contributed by atoms with Crippen LogP contribution in [0.3, 0.4) is 0 Å². The van der Waals surface area contributed by atoms with Crippen molar-refractivity contribution in [2.45, 2.75) is 76.9 Å². The molecule has 0 aromatic carbocycles. The molecule has 2 aromatic rings. The molecule has 0 amide bonds. The van der Waals surface area contributed by atoms with Gasteiger partial charge in [-0.05, 0) is 38.3 Å². The van der Waals surface area contributed by atoms with E-state index in [2.05, 4.69) is 40.9 Å². The number of rotatable bonds is 5. The van der Waals surface area contributed by atoms with Crippen LogP contribution in [0.2, 0.25) is 0 Å². The van der Waals surface area contributed by atoms with Crippen LogP contribution >= 0.6 is 0 Å². The molecule has 1 atom stereocenters. The van der Waals surface area contributed by atoms with Crippen LogP contribution in [0.5, 0.6) is 0 Å². The summed E-state index contributed by atoms with van der Waals surface area (Å²) in [5.74, 6) is 2.02. The Kier molecular flexibility index (Phi) is 4.42. The summed E-state index contributed by atoms with van der Waals surface area (Å²) in [6, 6.07) is 3.75. The molecule has 7 nitrogen and oxygen atoms in total. The summed E-state index contributed by atoms with van der Waals surface area (Å²) in [5.41, 5.74) is 0.823. The molecule has 7 heteroatoms. The highest BCUT2D eigenvalue weighted by Crippen LogP contribution is 2.39. The van der Waals surface area contributed by atoms with Gasteiger partial charge in [-0.3, -0.25) is 9.69 Å². The lowest BCUT2D eigenvalue weighted by Crippen LogP contribution is -2.37. The molecule has 140 valence electrons. The molecule has 2 aromatic heterocycles. The molecule has 0 radical (unpaired) electrons. The van der Waals surface area contributed by atoms with Crippen molar-refractivity contribution in [3.8, 4) is 0 Å². The second kappa shape index (κ2) is 6.61. The predicted molar refractivity (Wildman–Crippen MR) is 96.9 cm³/mol. The minimum Gasteiger partial charge on any atom is -0.339 e. The summed E-state index contributed by atoms with van der Waals surface area (Å²) in [6.07, 6.45) is 4.49. The van der Waals surface area contributed by atoms with Crippen LogP contribution < -0.4 is 5.56 Å². The van der Waals surface area contributed by atoms with E-state index in [1.54, 1.807) is 10.7 Å². The van der Waals surface area contributed by atoms with Gasteiger partial charge in [0.2, 0.25) is 5.89 Å². The van der Waals surface area contributed by atoms with Gasteiger partial charge >= 0.3 is 0 Å². The molecule has 2 aliphatic rings. The van der Waals surface area contributed by atoms with Gasteiger partial charge in [0.15, 0.2) is 5.82 Å². The Bertz CT molecular complexity index is 831. The molecule has 26 heavy (non-hydrogen) atoms. The van der Waals surface area contributed by atoms with Gasteiger partial charge in [-0.2, -0.15) is 10.1 Å². The van der Waals surface area contributed by atoms with Crippen LogP contribution in [0.1, 0.15) is 69.8 Å². The van der Waals surface area contributed by atoms with E-state index < -0.39 is 0 Å². The molecule has 1 aliphatic heterocycles.